The van der Waals surface area contributed by atoms with Gasteiger partial charge >= 0.3 is 0 Å². The van der Waals surface area contributed by atoms with Gasteiger partial charge < -0.3 is 10.5 Å². The van der Waals surface area contributed by atoms with Gasteiger partial charge in [-0.2, -0.15) is 16.7 Å². The Morgan fingerprint density at radius 1 is 1.30 bits per heavy atom. The monoisotopic (exact) mass is 294 g/mol. The summed E-state index contributed by atoms with van der Waals surface area (Å²) < 4.78 is 7.36. The van der Waals surface area contributed by atoms with E-state index in [9.17, 15) is 0 Å². The van der Waals surface area contributed by atoms with Gasteiger partial charge in [0.2, 0.25) is 11.8 Å². The van der Waals surface area contributed by atoms with Crippen LogP contribution in [0.2, 0.25) is 0 Å². The van der Waals surface area contributed by atoms with Crippen LogP contribution >= 0.6 is 11.8 Å². The highest BCUT2D eigenvalue weighted by Crippen LogP contribution is 2.34. The lowest BCUT2D eigenvalue weighted by molar-refractivity contribution is 0.398. The summed E-state index contributed by atoms with van der Waals surface area (Å²) in [7, 11) is 1.61. The number of fused-ring (bicyclic) bond motifs is 1. The summed E-state index contributed by atoms with van der Waals surface area (Å²) in [5.41, 5.74) is 7.68. The summed E-state index contributed by atoms with van der Waals surface area (Å²) in [5, 5.41) is 0. The molecule has 2 N–H and O–H groups in total. The van der Waals surface area contributed by atoms with Crippen LogP contribution in [-0.4, -0.2) is 32.6 Å². The third-order valence-electron chi connectivity index (χ3n) is 3.97. The molecule has 0 unspecified atom stereocenters. The third-order valence-corrected chi connectivity index (χ3v) is 5.55. The van der Waals surface area contributed by atoms with E-state index in [0.29, 0.717) is 11.8 Å². The fourth-order valence-corrected chi connectivity index (χ4v) is 3.22. The fourth-order valence-electron chi connectivity index (χ4n) is 2.39. The molecule has 2 aromatic rings. The van der Waals surface area contributed by atoms with Crippen molar-refractivity contribution < 1.29 is 4.74 Å². The molecule has 0 radical (unpaired) electrons. The average Bonchev–Trinajstić information content (AvgIpc) is 2.79. The molecular weight excluding hydrogens is 272 g/mol. The first-order valence-electron chi connectivity index (χ1n) is 6.81. The molecule has 2 aromatic heterocycles. The molecule has 0 aliphatic rings. The van der Waals surface area contributed by atoms with E-state index in [2.05, 4.69) is 30.1 Å². The number of aromatic nitrogens is 3. The lowest BCUT2D eigenvalue weighted by Gasteiger charge is -2.30. The van der Waals surface area contributed by atoms with E-state index < -0.39 is 0 Å². The van der Waals surface area contributed by atoms with Crippen molar-refractivity contribution in [3.63, 3.8) is 0 Å². The molecule has 6 heteroatoms. The van der Waals surface area contributed by atoms with Crippen LogP contribution in [0.1, 0.15) is 26.7 Å². The van der Waals surface area contributed by atoms with E-state index in [1.807, 2.05) is 22.4 Å². The van der Waals surface area contributed by atoms with Gasteiger partial charge in [-0.25, -0.2) is 4.98 Å². The molecule has 0 spiro atoms. The number of anilines is 1. The van der Waals surface area contributed by atoms with Gasteiger partial charge in [0.15, 0.2) is 5.65 Å². The maximum Gasteiger partial charge on any atom is 0.215 e. The standard InChI is InChI=1S/C14H22N4OS/c1-5-14(6-2,20-4)9-18-12-10(16-13(18)15)7-8-11(17-12)19-3/h7-8H,5-6,9H2,1-4H3,(H2,15,16). The Bertz CT molecular complexity index is 584. The predicted molar refractivity (Wildman–Crippen MR) is 85.3 cm³/mol. The predicted octanol–water partition coefficient (Wildman–Crippen LogP) is 2.94. The molecule has 2 heterocycles. The molecule has 20 heavy (non-hydrogen) atoms. The number of pyridine rings is 1. The van der Waals surface area contributed by atoms with Gasteiger partial charge in [0, 0.05) is 17.4 Å². The summed E-state index contributed by atoms with van der Waals surface area (Å²) >= 11 is 1.88. The normalized spacial score (nSPS) is 12.0. The minimum Gasteiger partial charge on any atom is -0.481 e. The summed E-state index contributed by atoms with van der Waals surface area (Å²) in [6.45, 7) is 5.23. The first kappa shape index (κ1) is 15.0. The van der Waals surface area contributed by atoms with Crippen molar-refractivity contribution in [3.05, 3.63) is 12.1 Å². The van der Waals surface area contributed by atoms with Crippen molar-refractivity contribution in [2.45, 2.75) is 38.0 Å². The Balaban J connectivity index is 2.50. The molecule has 0 aromatic carbocycles. The van der Waals surface area contributed by atoms with E-state index in [1.165, 1.54) is 0 Å². The Morgan fingerprint density at radius 2 is 2.00 bits per heavy atom. The summed E-state index contributed by atoms with van der Waals surface area (Å²) in [6.07, 6.45) is 4.30. The summed E-state index contributed by atoms with van der Waals surface area (Å²) in [4.78, 5) is 8.88. The van der Waals surface area contributed by atoms with Gasteiger partial charge in [-0.15, -0.1) is 0 Å². The smallest absolute Gasteiger partial charge is 0.215 e. The maximum atomic E-state index is 6.08. The van der Waals surface area contributed by atoms with Gasteiger partial charge in [-0.1, -0.05) is 13.8 Å². The number of imidazole rings is 1. The van der Waals surface area contributed by atoms with Crippen LogP contribution in [0.25, 0.3) is 11.2 Å². The number of thioether (sulfide) groups is 1. The number of rotatable bonds is 6. The minimum atomic E-state index is 0.159. The molecular formula is C14H22N4OS. The topological polar surface area (TPSA) is 66.0 Å². The second kappa shape index (κ2) is 5.91. The molecule has 0 bridgehead atoms. The first-order valence-corrected chi connectivity index (χ1v) is 8.03. The van der Waals surface area contributed by atoms with Crippen LogP contribution in [0, 0.1) is 0 Å². The van der Waals surface area contributed by atoms with Gasteiger partial charge in [0.1, 0.15) is 5.52 Å². The molecule has 0 atom stereocenters. The van der Waals surface area contributed by atoms with Crippen molar-refractivity contribution in [1.29, 1.82) is 0 Å². The molecule has 0 amide bonds. The molecule has 0 fully saturated rings. The van der Waals surface area contributed by atoms with Crippen molar-refractivity contribution in [2.75, 3.05) is 19.1 Å². The molecule has 110 valence electrons. The maximum absolute atomic E-state index is 6.08. The number of hydrogen-bond acceptors (Lipinski definition) is 5. The van der Waals surface area contributed by atoms with Crippen molar-refractivity contribution in [3.8, 4) is 5.88 Å². The molecule has 0 saturated heterocycles. The zero-order valence-electron chi connectivity index (χ0n) is 12.5. The zero-order chi connectivity index (χ0) is 14.8. The minimum absolute atomic E-state index is 0.159. The van der Waals surface area contributed by atoms with Crippen LogP contribution in [0.5, 0.6) is 5.88 Å². The van der Waals surface area contributed by atoms with Gasteiger partial charge in [0.25, 0.3) is 0 Å². The third kappa shape index (κ3) is 2.57. The highest BCUT2D eigenvalue weighted by molar-refractivity contribution is 8.00. The summed E-state index contributed by atoms with van der Waals surface area (Å²) in [5.74, 6) is 1.10. The van der Waals surface area contributed by atoms with Crippen LogP contribution in [0.15, 0.2) is 12.1 Å². The van der Waals surface area contributed by atoms with Crippen LogP contribution in [-0.2, 0) is 6.54 Å². The van der Waals surface area contributed by atoms with Crippen molar-refractivity contribution >= 4 is 28.9 Å². The number of ether oxygens (including phenoxy) is 1. The number of methoxy groups -OCH3 is 1. The second-order valence-corrected chi connectivity index (χ2v) is 6.12. The van der Waals surface area contributed by atoms with Crippen LogP contribution in [0.3, 0.4) is 0 Å². The van der Waals surface area contributed by atoms with Gasteiger partial charge in [-0.3, -0.25) is 4.57 Å². The number of nitrogen functional groups attached to an aromatic ring is 1. The van der Waals surface area contributed by atoms with Gasteiger partial charge in [-0.05, 0) is 25.2 Å². The van der Waals surface area contributed by atoms with E-state index >= 15 is 0 Å². The lowest BCUT2D eigenvalue weighted by Crippen LogP contribution is -2.29. The van der Waals surface area contributed by atoms with Crippen molar-refractivity contribution in [2.24, 2.45) is 0 Å². The SMILES string of the molecule is CCC(CC)(Cn1c(N)nc2ccc(OC)nc21)SC. The molecule has 0 aliphatic heterocycles. The Kier molecular flexibility index (Phi) is 4.42. The summed E-state index contributed by atoms with van der Waals surface area (Å²) in [6, 6.07) is 3.70. The number of nitrogens with two attached hydrogens (primary N) is 1. The van der Waals surface area contributed by atoms with Crippen LogP contribution < -0.4 is 10.5 Å². The Labute approximate surface area is 123 Å². The highest BCUT2D eigenvalue weighted by Gasteiger charge is 2.27. The number of nitrogens with zero attached hydrogens (tertiary/aromatic N) is 3. The molecule has 2 rings (SSSR count). The zero-order valence-corrected chi connectivity index (χ0v) is 13.3. The molecule has 5 nitrogen and oxygen atoms in total. The van der Waals surface area contributed by atoms with Gasteiger partial charge in [0.05, 0.1) is 7.11 Å². The quantitative estimate of drug-likeness (QED) is 0.887. The Morgan fingerprint density at radius 3 is 2.55 bits per heavy atom. The van der Waals surface area contributed by atoms with E-state index in [0.717, 1.165) is 30.6 Å². The van der Waals surface area contributed by atoms with Crippen molar-refractivity contribution in [1.82, 2.24) is 14.5 Å². The largest absolute Gasteiger partial charge is 0.481 e. The first-order chi connectivity index (χ1) is 9.59. The highest BCUT2D eigenvalue weighted by atomic mass is 32.2. The molecule has 0 aliphatic carbocycles. The van der Waals surface area contributed by atoms with Crippen LogP contribution in [0.4, 0.5) is 5.95 Å². The lowest BCUT2D eigenvalue weighted by atomic mass is 10.0. The molecule has 0 saturated carbocycles. The van der Waals surface area contributed by atoms with E-state index in [-0.39, 0.29) is 4.75 Å². The Hall–Kier alpha value is -1.43. The average molecular weight is 294 g/mol. The fraction of sp³-hybridized carbons (Fsp3) is 0.571. The van der Waals surface area contributed by atoms with E-state index in [1.54, 1.807) is 13.2 Å². The second-order valence-electron chi connectivity index (χ2n) is 4.85. The van der Waals surface area contributed by atoms with E-state index in [4.69, 9.17) is 10.5 Å². The number of hydrogen-bond donors (Lipinski definition) is 1.